The summed E-state index contributed by atoms with van der Waals surface area (Å²) in [7, 11) is 1.68. The van der Waals surface area contributed by atoms with Gasteiger partial charge in [0.15, 0.2) is 5.65 Å². The summed E-state index contributed by atoms with van der Waals surface area (Å²) in [5, 5.41) is 3.03. The third kappa shape index (κ3) is 4.24. The summed E-state index contributed by atoms with van der Waals surface area (Å²) in [6.45, 7) is 4.48. The fourth-order valence-electron chi connectivity index (χ4n) is 3.91. The number of aryl methyl sites for hydroxylation is 1. The number of nitrogens with one attached hydrogen (secondary N) is 1. The monoisotopic (exact) mass is 393 g/mol. The minimum Gasteiger partial charge on any atom is -0.377 e. The molecule has 2 aromatic heterocycles. The summed E-state index contributed by atoms with van der Waals surface area (Å²) in [6, 6.07) is 12.4. The van der Waals surface area contributed by atoms with Gasteiger partial charge < -0.3 is 19.5 Å². The lowest BCUT2D eigenvalue weighted by atomic mass is 10.0. The van der Waals surface area contributed by atoms with Crippen molar-refractivity contribution in [2.45, 2.75) is 39.0 Å². The first-order valence-electron chi connectivity index (χ1n) is 10.0. The van der Waals surface area contributed by atoms with E-state index in [-0.39, 0.29) is 12.1 Å². The second-order valence-corrected chi connectivity index (χ2v) is 7.54. The number of fused-ring (bicyclic) bond motifs is 1. The van der Waals surface area contributed by atoms with E-state index in [1.165, 1.54) is 5.56 Å². The number of aromatic nitrogens is 3. The van der Waals surface area contributed by atoms with Gasteiger partial charge in [-0.15, -0.1) is 0 Å². The molecule has 1 aliphatic heterocycles. The summed E-state index contributed by atoms with van der Waals surface area (Å²) in [5.41, 5.74) is 4.11. The number of ether oxygens (including phenoxy) is 1. The van der Waals surface area contributed by atoms with Crippen molar-refractivity contribution in [3.05, 3.63) is 59.5 Å². The molecule has 1 N–H and O–H groups in total. The number of imidazole rings is 1. The van der Waals surface area contributed by atoms with Gasteiger partial charge in [-0.1, -0.05) is 29.8 Å². The molecular formula is C22H27N5O2. The van der Waals surface area contributed by atoms with E-state index >= 15 is 0 Å². The van der Waals surface area contributed by atoms with Gasteiger partial charge in [0.1, 0.15) is 17.9 Å². The Morgan fingerprint density at radius 2 is 1.97 bits per heavy atom. The van der Waals surface area contributed by atoms with E-state index in [9.17, 15) is 4.79 Å². The number of nitrogens with zero attached hydrogens (tertiary/aromatic N) is 4. The number of pyridine rings is 1. The molecule has 7 heteroatoms. The molecule has 1 fully saturated rings. The second-order valence-electron chi connectivity index (χ2n) is 7.54. The van der Waals surface area contributed by atoms with Gasteiger partial charge in [-0.25, -0.2) is 14.8 Å². The van der Waals surface area contributed by atoms with Crippen LogP contribution in [0.15, 0.2) is 42.6 Å². The van der Waals surface area contributed by atoms with Crippen molar-refractivity contribution >= 4 is 17.2 Å². The minimum absolute atomic E-state index is 0.00486. The average Bonchev–Trinajstić information content (AvgIpc) is 3.11. The van der Waals surface area contributed by atoms with E-state index in [2.05, 4.69) is 51.0 Å². The van der Waals surface area contributed by atoms with Gasteiger partial charge in [0.25, 0.3) is 0 Å². The third-order valence-corrected chi connectivity index (χ3v) is 5.48. The van der Waals surface area contributed by atoms with E-state index in [0.717, 1.165) is 35.4 Å². The Bertz CT molecular complexity index is 975. The van der Waals surface area contributed by atoms with Crippen LogP contribution in [0, 0.1) is 6.92 Å². The lowest BCUT2D eigenvalue weighted by molar-refractivity contribution is 0.157. The molecule has 0 radical (unpaired) electrons. The van der Waals surface area contributed by atoms with E-state index in [1.807, 2.05) is 17.0 Å². The Labute approximate surface area is 170 Å². The Morgan fingerprint density at radius 3 is 2.69 bits per heavy atom. The molecule has 7 nitrogen and oxygen atoms in total. The van der Waals surface area contributed by atoms with Crippen molar-refractivity contribution in [2.75, 3.05) is 20.2 Å². The fraction of sp³-hybridized carbons (Fsp3) is 0.409. The van der Waals surface area contributed by atoms with Crippen molar-refractivity contribution < 1.29 is 9.53 Å². The van der Waals surface area contributed by atoms with Crippen LogP contribution in [0.3, 0.4) is 0 Å². The number of hydrogen-bond donors (Lipinski definition) is 1. The highest BCUT2D eigenvalue weighted by Crippen LogP contribution is 2.28. The number of rotatable bonds is 5. The number of hydrogen-bond acceptors (Lipinski definition) is 4. The maximum absolute atomic E-state index is 12.6. The lowest BCUT2D eigenvalue weighted by Crippen LogP contribution is -2.44. The molecule has 3 heterocycles. The van der Waals surface area contributed by atoms with Gasteiger partial charge in [-0.2, -0.15) is 0 Å². The second kappa shape index (κ2) is 8.61. The Balaban J connectivity index is 1.39. The highest BCUT2D eigenvalue weighted by molar-refractivity contribution is 5.74. The van der Waals surface area contributed by atoms with Crippen LogP contribution in [0.25, 0.3) is 11.2 Å². The van der Waals surface area contributed by atoms with Crippen molar-refractivity contribution in [3.8, 4) is 0 Å². The molecular weight excluding hydrogens is 366 g/mol. The number of urea groups is 1. The number of benzene rings is 1. The Morgan fingerprint density at radius 1 is 1.21 bits per heavy atom. The molecule has 0 atom stereocenters. The predicted octanol–water partition coefficient (Wildman–Crippen LogP) is 3.43. The van der Waals surface area contributed by atoms with Crippen molar-refractivity contribution in [1.29, 1.82) is 0 Å². The van der Waals surface area contributed by atoms with Gasteiger partial charge in [0.2, 0.25) is 0 Å². The van der Waals surface area contributed by atoms with Crippen LogP contribution in [-0.2, 0) is 17.9 Å². The van der Waals surface area contributed by atoms with Crippen LogP contribution in [0.5, 0.6) is 0 Å². The van der Waals surface area contributed by atoms with Gasteiger partial charge >= 0.3 is 6.03 Å². The van der Waals surface area contributed by atoms with Crippen molar-refractivity contribution in [1.82, 2.24) is 24.8 Å². The maximum atomic E-state index is 12.6. The van der Waals surface area contributed by atoms with Crippen LogP contribution in [0.2, 0.25) is 0 Å². The van der Waals surface area contributed by atoms with Crippen LogP contribution >= 0.6 is 0 Å². The first kappa shape index (κ1) is 19.4. The SMILES string of the molecule is COCc1nc2cccnc2n1C1CCN(C(=O)NCc2ccc(C)cc2)CC1. The normalized spacial score (nSPS) is 15.0. The summed E-state index contributed by atoms with van der Waals surface area (Å²) >= 11 is 0. The molecule has 1 saturated heterocycles. The number of piperidine rings is 1. The van der Waals surface area contributed by atoms with Gasteiger partial charge in [-0.05, 0) is 37.5 Å². The Kier molecular flexibility index (Phi) is 5.76. The standard InChI is InChI=1S/C22H27N5O2/c1-16-5-7-17(8-6-16)14-24-22(28)26-12-9-18(10-13-26)27-20(15-29-2)25-19-4-3-11-23-21(19)27/h3-8,11,18H,9-10,12-15H2,1-2H3,(H,24,28). The summed E-state index contributed by atoms with van der Waals surface area (Å²) in [6.07, 6.45) is 3.54. The molecule has 1 aromatic carbocycles. The predicted molar refractivity (Wildman–Crippen MR) is 111 cm³/mol. The Hall–Kier alpha value is -2.93. The molecule has 3 aromatic rings. The topological polar surface area (TPSA) is 72.3 Å². The van der Waals surface area contributed by atoms with E-state index < -0.39 is 0 Å². The summed E-state index contributed by atoms with van der Waals surface area (Å²) in [5.74, 6) is 0.892. The first-order chi connectivity index (χ1) is 14.2. The molecule has 2 amide bonds. The fourth-order valence-corrected chi connectivity index (χ4v) is 3.91. The van der Waals surface area contributed by atoms with E-state index in [0.29, 0.717) is 26.2 Å². The molecule has 0 saturated carbocycles. The molecule has 0 unspecified atom stereocenters. The number of carbonyl (C=O) groups excluding carboxylic acids is 1. The molecule has 29 heavy (non-hydrogen) atoms. The average molecular weight is 393 g/mol. The number of methoxy groups -OCH3 is 1. The van der Waals surface area contributed by atoms with Crippen LogP contribution in [0.4, 0.5) is 4.79 Å². The molecule has 0 spiro atoms. The molecule has 0 aliphatic carbocycles. The summed E-state index contributed by atoms with van der Waals surface area (Å²) < 4.78 is 7.54. The van der Waals surface area contributed by atoms with Gasteiger partial charge in [0.05, 0.1) is 0 Å². The first-order valence-corrected chi connectivity index (χ1v) is 10.0. The van der Waals surface area contributed by atoms with Crippen LogP contribution in [-0.4, -0.2) is 45.7 Å². The highest BCUT2D eigenvalue weighted by atomic mass is 16.5. The quantitative estimate of drug-likeness (QED) is 0.721. The van der Waals surface area contributed by atoms with Crippen LogP contribution < -0.4 is 5.32 Å². The largest absolute Gasteiger partial charge is 0.377 e. The zero-order valence-corrected chi connectivity index (χ0v) is 17.0. The highest BCUT2D eigenvalue weighted by Gasteiger charge is 2.27. The van der Waals surface area contributed by atoms with Gasteiger partial charge in [0, 0.05) is 39.0 Å². The molecule has 152 valence electrons. The number of amides is 2. The van der Waals surface area contributed by atoms with Crippen LogP contribution in [0.1, 0.15) is 35.8 Å². The van der Waals surface area contributed by atoms with E-state index in [1.54, 1.807) is 13.3 Å². The zero-order chi connectivity index (χ0) is 20.2. The van der Waals surface area contributed by atoms with Gasteiger partial charge in [-0.3, -0.25) is 0 Å². The lowest BCUT2D eigenvalue weighted by Gasteiger charge is -2.33. The minimum atomic E-state index is -0.00486. The molecule has 0 bridgehead atoms. The maximum Gasteiger partial charge on any atom is 0.317 e. The van der Waals surface area contributed by atoms with Crippen molar-refractivity contribution in [3.63, 3.8) is 0 Å². The van der Waals surface area contributed by atoms with Crippen molar-refractivity contribution in [2.24, 2.45) is 0 Å². The zero-order valence-electron chi connectivity index (χ0n) is 17.0. The molecule has 1 aliphatic rings. The summed E-state index contributed by atoms with van der Waals surface area (Å²) in [4.78, 5) is 23.7. The third-order valence-electron chi connectivity index (χ3n) is 5.48. The molecule has 4 rings (SSSR count). The smallest absolute Gasteiger partial charge is 0.317 e. The number of carbonyl (C=O) groups is 1. The van der Waals surface area contributed by atoms with E-state index in [4.69, 9.17) is 4.74 Å². The number of likely N-dealkylation sites (tertiary alicyclic amines) is 1.